The Morgan fingerprint density at radius 3 is 2.87 bits per heavy atom. The molecule has 0 saturated carbocycles. The van der Waals surface area contributed by atoms with Gasteiger partial charge in [0.1, 0.15) is 5.00 Å². The Morgan fingerprint density at radius 2 is 2.04 bits per heavy atom. The van der Waals surface area contributed by atoms with Crippen molar-refractivity contribution >= 4 is 27.7 Å². The SMILES string of the molecule is C=CCN1CCN(N2c3ccccc3NCc3ncsc32)CC1. The van der Waals surface area contributed by atoms with Crippen molar-refractivity contribution < 1.29 is 0 Å². The van der Waals surface area contributed by atoms with E-state index in [4.69, 9.17) is 0 Å². The van der Waals surface area contributed by atoms with Crippen LogP contribution in [0.2, 0.25) is 0 Å². The molecule has 3 heterocycles. The second kappa shape index (κ2) is 6.31. The number of rotatable bonds is 3. The maximum absolute atomic E-state index is 4.55. The Balaban J connectivity index is 1.67. The number of thiazole rings is 1. The molecule has 0 atom stereocenters. The van der Waals surface area contributed by atoms with Crippen LogP contribution in [0.15, 0.2) is 42.4 Å². The first-order chi connectivity index (χ1) is 11.4. The highest BCUT2D eigenvalue weighted by atomic mass is 32.1. The van der Waals surface area contributed by atoms with Gasteiger partial charge >= 0.3 is 0 Å². The lowest BCUT2D eigenvalue weighted by atomic mass is 10.2. The van der Waals surface area contributed by atoms with Crippen molar-refractivity contribution in [1.29, 1.82) is 0 Å². The smallest absolute Gasteiger partial charge is 0.135 e. The average Bonchev–Trinajstić information content (AvgIpc) is 2.98. The first kappa shape index (κ1) is 14.7. The third-order valence-corrected chi connectivity index (χ3v) is 5.25. The molecule has 120 valence electrons. The predicted octanol–water partition coefficient (Wildman–Crippen LogP) is 2.93. The Kier molecular flexibility index (Phi) is 4.03. The minimum atomic E-state index is 0.781. The molecule has 0 bridgehead atoms. The molecule has 1 aromatic heterocycles. The number of nitrogens with one attached hydrogen (secondary N) is 1. The van der Waals surface area contributed by atoms with E-state index in [1.807, 2.05) is 11.6 Å². The molecule has 0 radical (unpaired) electrons. The van der Waals surface area contributed by atoms with Crippen LogP contribution in [-0.2, 0) is 6.54 Å². The molecule has 4 rings (SSSR count). The molecule has 2 aliphatic heterocycles. The van der Waals surface area contributed by atoms with E-state index in [0.29, 0.717) is 0 Å². The van der Waals surface area contributed by atoms with Crippen LogP contribution in [0, 0.1) is 0 Å². The van der Waals surface area contributed by atoms with Crippen LogP contribution in [0.25, 0.3) is 0 Å². The maximum Gasteiger partial charge on any atom is 0.135 e. The van der Waals surface area contributed by atoms with E-state index in [2.05, 4.69) is 56.1 Å². The summed E-state index contributed by atoms with van der Waals surface area (Å²) in [5, 5.41) is 9.57. The zero-order valence-electron chi connectivity index (χ0n) is 13.1. The summed E-state index contributed by atoms with van der Waals surface area (Å²) in [6.45, 7) is 9.75. The summed E-state index contributed by atoms with van der Waals surface area (Å²) in [6.07, 6.45) is 1.99. The number of benzene rings is 1. The van der Waals surface area contributed by atoms with Gasteiger partial charge in [-0.05, 0) is 12.1 Å². The summed E-state index contributed by atoms with van der Waals surface area (Å²) in [5.74, 6) is 0. The highest BCUT2D eigenvalue weighted by Crippen LogP contribution is 2.40. The molecule has 6 heteroatoms. The number of hydrazine groups is 1. The van der Waals surface area contributed by atoms with Gasteiger partial charge < -0.3 is 5.32 Å². The summed E-state index contributed by atoms with van der Waals surface area (Å²) in [5.41, 5.74) is 5.46. The number of piperazine rings is 1. The van der Waals surface area contributed by atoms with Crippen molar-refractivity contribution in [1.82, 2.24) is 14.9 Å². The number of hydrogen-bond donors (Lipinski definition) is 1. The molecule has 0 spiro atoms. The molecule has 1 aromatic carbocycles. The largest absolute Gasteiger partial charge is 0.378 e. The highest BCUT2D eigenvalue weighted by molar-refractivity contribution is 7.14. The van der Waals surface area contributed by atoms with Crippen LogP contribution < -0.4 is 10.3 Å². The molecule has 1 fully saturated rings. The number of nitrogens with zero attached hydrogens (tertiary/aromatic N) is 4. The van der Waals surface area contributed by atoms with Gasteiger partial charge in [-0.1, -0.05) is 18.2 Å². The molecular formula is C17H21N5S. The van der Waals surface area contributed by atoms with Gasteiger partial charge in [-0.25, -0.2) is 9.99 Å². The third kappa shape index (κ3) is 2.73. The summed E-state index contributed by atoms with van der Waals surface area (Å²) < 4.78 is 0. The van der Waals surface area contributed by atoms with E-state index >= 15 is 0 Å². The summed E-state index contributed by atoms with van der Waals surface area (Å²) in [7, 11) is 0. The van der Waals surface area contributed by atoms with Crippen LogP contribution in [0.4, 0.5) is 16.4 Å². The fraction of sp³-hybridized carbons (Fsp3) is 0.353. The Labute approximate surface area is 140 Å². The van der Waals surface area contributed by atoms with E-state index in [1.54, 1.807) is 11.3 Å². The van der Waals surface area contributed by atoms with E-state index in [9.17, 15) is 0 Å². The van der Waals surface area contributed by atoms with Crippen molar-refractivity contribution in [3.8, 4) is 0 Å². The lowest BCUT2D eigenvalue weighted by Gasteiger charge is -2.41. The number of anilines is 3. The lowest BCUT2D eigenvalue weighted by Crippen LogP contribution is -2.52. The first-order valence-electron chi connectivity index (χ1n) is 8.00. The molecule has 1 saturated heterocycles. The summed E-state index contributed by atoms with van der Waals surface area (Å²) in [6, 6.07) is 8.52. The fourth-order valence-corrected chi connectivity index (χ4v) is 4.09. The Morgan fingerprint density at radius 1 is 1.22 bits per heavy atom. The van der Waals surface area contributed by atoms with Crippen molar-refractivity contribution in [2.45, 2.75) is 6.54 Å². The quantitative estimate of drug-likeness (QED) is 0.877. The third-order valence-electron chi connectivity index (χ3n) is 4.41. The standard InChI is InChI=1S/C17H21N5S/c1-2-7-20-8-10-21(11-9-20)22-16-6-4-3-5-14(16)18-12-15-17(22)23-13-19-15/h2-6,13,18H,1,7-12H2. The monoisotopic (exact) mass is 327 g/mol. The van der Waals surface area contributed by atoms with Crippen molar-refractivity contribution in [2.24, 2.45) is 0 Å². The van der Waals surface area contributed by atoms with Crippen LogP contribution >= 0.6 is 11.3 Å². The number of para-hydroxylation sites is 2. The minimum Gasteiger partial charge on any atom is -0.378 e. The van der Waals surface area contributed by atoms with Gasteiger partial charge in [0.15, 0.2) is 0 Å². The maximum atomic E-state index is 4.55. The van der Waals surface area contributed by atoms with Gasteiger partial charge in [-0.15, -0.1) is 17.9 Å². The predicted molar refractivity (Wildman–Crippen MR) is 96.2 cm³/mol. The van der Waals surface area contributed by atoms with Crippen LogP contribution in [0.3, 0.4) is 0 Å². The Hall–Kier alpha value is -1.89. The van der Waals surface area contributed by atoms with E-state index in [-0.39, 0.29) is 0 Å². The van der Waals surface area contributed by atoms with Crippen molar-refractivity contribution in [3.05, 3.63) is 48.1 Å². The fourth-order valence-electron chi connectivity index (χ4n) is 3.24. The molecule has 2 aromatic rings. The summed E-state index contributed by atoms with van der Waals surface area (Å²) >= 11 is 1.72. The second-order valence-corrected chi connectivity index (χ2v) is 6.66. The van der Waals surface area contributed by atoms with E-state index < -0.39 is 0 Å². The molecule has 0 amide bonds. The van der Waals surface area contributed by atoms with Crippen LogP contribution in [-0.4, -0.2) is 47.6 Å². The van der Waals surface area contributed by atoms with E-state index in [1.165, 1.54) is 16.4 Å². The van der Waals surface area contributed by atoms with Gasteiger partial charge in [0, 0.05) is 32.7 Å². The van der Waals surface area contributed by atoms with Crippen molar-refractivity contribution in [3.63, 3.8) is 0 Å². The lowest BCUT2D eigenvalue weighted by molar-refractivity contribution is 0.144. The molecular weight excluding hydrogens is 306 g/mol. The highest BCUT2D eigenvalue weighted by Gasteiger charge is 2.29. The molecule has 0 unspecified atom stereocenters. The molecule has 0 aliphatic carbocycles. The zero-order valence-corrected chi connectivity index (χ0v) is 13.9. The van der Waals surface area contributed by atoms with Crippen LogP contribution in [0.1, 0.15) is 5.69 Å². The van der Waals surface area contributed by atoms with Gasteiger partial charge in [0.2, 0.25) is 0 Å². The van der Waals surface area contributed by atoms with Gasteiger partial charge in [-0.3, -0.25) is 9.91 Å². The topological polar surface area (TPSA) is 34.6 Å². The molecule has 5 nitrogen and oxygen atoms in total. The van der Waals surface area contributed by atoms with Crippen LogP contribution in [0.5, 0.6) is 0 Å². The zero-order chi connectivity index (χ0) is 15.6. The first-order valence-corrected chi connectivity index (χ1v) is 8.88. The van der Waals surface area contributed by atoms with E-state index in [0.717, 1.165) is 45.0 Å². The Bertz CT molecular complexity index is 690. The number of fused-ring (bicyclic) bond motifs is 2. The minimum absolute atomic E-state index is 0.781. The van der Waals surface area contributed by atoms with Gasteiger partial charge in [0.25, 0.3) is 0 Å². The molecule has 1 N–H and O–H groups in total. The van der Waals surface area contributed by atoms with Crippen molar-refractivity contribution in [2.75, 3.05) is 43.0 Å². The van der Waals surface area contributed by atoms with Gasteiger partial charge in [0.05, 0.1) is 29.1 Å². The summed E-state index contributed by atoms with van der Waals surface area (Å²) in [4.78, 5) is 7.00. The number of aromatic nitrogens is 1. The molecule has 2 aliphatic rings. The average molecular weight is 327 g/mol. The number of hydrogen-bond acceptors (Lipinski definition) is 6. The van der Waals surface area contributed by atoms with Gasteiger partial charge in [-0.2, -0.15) is 0 Å². The second-order valence-electron chi connectivity index (χ2n) is 5.83. The normalized spacial score (nSPS) is 18.7. The molecule has 23 heavy (non-hydrogen) atoms.